The fourth-order valence-electron chi connectivity index (χ4n) is 2.57. The Hall–Kier alpha value is -2.36. The van der Waals surface area contributed by atoms with Crippen molar-refractivity contribution < 1.29 is 8.42 Å². The highest BCUT2D eigenvalue weighted by Gasteiger charge is 2.15. The zero-order valence-corrected chi connectivity index (χ0v) is 15.0. The average molecular weight is 356 g/mol. The molecule has 2 aromatic carbocycles. The van der Waals surface area contributed by atoms with Crippen molar-refractivity contribution in [3.63, 3.8) is 0 Å². The van der Waals surface area contributed by atoms with Crippen molar-refractivity contribution in [1.29, 1.82) is 0 Å². The molecule has 0 aliphatic carbocycles. The molecule has 122 valence electrons. The van der Waals surface area contributed by atoms with Crippen LogP contribution in [-0.2, 0) is 16.6 Å². The second kappa shape index (κ2) is 6.27. The van der Waals surface area contributed by atoms with Crippen LogP contribution in [0.4, 0.5) is 0 Å². The molecular formula is C18H16N2O2S2. The molecule has 6 heteroatoms. The van der Waals surface area contributed by atoms with Crippen LogP contribution in [-0.4, -0.2) is 13.0 Å². The highest BCUT2D eigenvalue weighted by atomic mass is 32.2. The zero-order valence-electron chi connectivity index (χ0n) is 13.4. The molecule has 0 bridgehead atoms. The number of nitrogens with zero attached hydrogens (tertiary/aromatic N) is 2. The third kappa shape index (κ3) is 3.01. The van der Waals surface area contributed by atoms with Crippen LogP contribution in [0.25, 0.3) is 10.2 Å². The maximum atomic E-state index is 12.6. The Balaban J connectivity index is 2.32. The number of sulfonamides is 1. The fraction of sp³-hybridized carbons (Fsp3) is 0.167. The summed E-state index contributed by atoms with van der Waals surface area (Å²) in [7, 11) is -3.78. The average Bonchev–Trinajstić information content (AvgIpc) is 2.86. The predicted molar refractivity (Wildman–Crippen MR) is 97.3 cm³/mol. The molecule has 3 aromatic rings. The van der Waals surface area contributed by atoms with Gasteiger partial charge in [0.15, 0.2) is 0 Å². The Bertz CT molecular complexity index is 1120. The van der Waals surface area contributed by atoms with Gasteiger partial charge in [-0.25, -0.2) is 0 Å². The van der Waals surface area contributed by atoms with Gasteiger partial charge in [0, 0.05) is 0 Å². The molecule has 0 saturated heterocycles. The van der Waals surface area contributed by atoms with Crippen LogP contribution in [0, 0.1) is 26.2 Å². The third-order valence-electron chi connectivity index (χ3n) is 3.60. The molecule has 0 saturated carbocycles. The number of terminal acetylenes is 1. The molecule has 0 unspecified atom stereocenters. The number of hydrogen-bond acceptors (Lipinski definition) is 3. The largest absolute Gasteiger partial charge is 0.304 e. The van der Waals surface area contributed by atoms with Crippen molar-refractivity contribution in [3.05, 3.63) is 58.4 Å². The van der Waals surface area contributed by atoms with Crippen LogP contribution in [0.3, 0.4) is 0 Å². The maximum Gasteiger partial charge on any atom is 0.285 e. The number of rotatable bonds is 3. The van der Waals surface area contributed by atoms with Crippen molar-refractivity contribution in [3.8, 4) is 12.3 Å². The van der Waals surface area contributed by atoms with Crippen LogP contribution in [0.5, 0.6) is 0 Å². The summed E-state index contributed by atoms with van der Waals surface area (Å²) in [4.78, 5) is 0.558. The quantitative estimate of drug-likeness (QED) is 0.677. The van der Waals surface area contributed by atoms with Gasteiger partial charge in [0.05, 0.1) is 21.7 Å². The summed E-state index contributed by atoms with van der Waals surface area (Å²) in [6.07, 6.45) is 5.47. The molecule has 3 rings (SSSR count). The van der Waals surface area contributed by atoms with Crippen molar-refractivity contribution in [2.75, 3.05) is 0 Å². The normalized spacial score (nSPS) is 12.5. The van der Waals surface area contributed by atoms with E-state index in [0.29, 0.717) is 4.80 Å². The van der Waals surface area contributed by atoms with Gasteiger partial charge in [0.25, 0.3) is 10.0 Å². The first-order valence-corrected chi connectivity index (χ1v) is 9.58. The van der Waals surface area contributed by atoms with Crippen molar-refractivity contribution in [2.45, 2.75) is 25.3 Å². The molecule has 0 N–H and O–H groups in total. The molecule has 0 fully saturated rings. The van der Waals surface area contributed by atoms with Crippen LogP contribution in [0.15, 0.2) is 51.8 Å². The summed E-state index contributed by atoms with van der Waals surface area (Å²) in [5.41, 5.74) is 3.10. The number of thiazole rings is 1. The maximum absolute atomic E-state index is 12.6. The fourth-order valence-corrected chi connectivity index (χ4v) is 4.88. The Morgan fingerprint density at radius 3 is 2.58 bits per heavy atom. The number of aryl methyl sites for hydroxylation is 2. The second-order valence-corrected chi connectivity index (χ2v) is 8.07. The molecule has 1 heterocycles. The molecule has 0 aliphatic rings. The van der Waals surface area contributed by atoms with Gasteiger partial charge in [-0.05, 0) is 43.2 Å². The van der Waals surface area contributed by atoms with Gasteiger partial charge in [-0.2, -0.15) is 8.42 Å². The third-order valence-corrected chi connectivity index (χ3v) is 6.23. The van der Waals surface area contributed by atoms with Crippen LogP contribution >= 0.6 is 11.3 Å². The number of fused-ring (bicyclic) bond motifs is 1. The lowest BCUT2D eigenvalue weighted by Crippen LogP contribution is -2.16. The topological polar surface area (TPSA) is 51.4 Å². The van der Waals surface area contributed by atoms with E-state index in [0.717, 1.165) is 21.3 Å². The minimum atomic E-state index is -3.78. The van der Waals surface area contributed by atoms with E-state index in [1.165, 1.54) is 23.5 Å². The number of benzene rings is 2. The van der Waals surface area contributed by atoms with Gasteiger partial charge < -0.3 is 4.57 Å². The minimum Gasteiger partial charge on any atom is -0.304 e. The van der Waals surface area contributed by atoms with Crippen molar-refractivity contribution in [1.82, 2.24) is 4.57 Å². The summed E-state index contributed by atoms with van der Waals surface area (Å²) in [5, 5.41) is 0. The molecule has 0 aliphatic heterocycles. The van der Waals surface area contributed by atoms with Gasteiger partial charge in [-0.15, -0.1) is 10.8 Å². The summed E-state index contributed by atoms with van der Waals surface area (Å²) in [6, 6.07) is 12.3. The Kier molecular flexibility index (Phi) is 4.31. The lowest BCUT2D eigenvalue weighted by Gasteiger charge is -2.03. The van der Waals surface area contributed by atoms with Gasteiger partial charge in [-0.3, -0.25) is 0 Å². The van der Waals surface area contributed by atoms with Crippen molar-refractivity contribution in [2.24, 2.45) is 4.40 Å². The first kappa shape index (κ1) is 16.5. The summed E-state index contributed by atoms with van der Waals surface area (Å²) in [5.74, 6) is 2.58. The summed E-state index contributed by atoms with van der Waals surface area (Å²) in [6.45, 7) is 4.27. The van der Waals surface area contributed by atoms with E-state index in [-0.39, 0.29) is 11.4 Å². The minimum absolute atomic E-state index is 0.169. The van der Waals surface area contributed by atoms with Gasteiger partial charge in [-0.1, -0.05) is 41.5 Å². The van der Waals surface area contributed by atoms with Crippen LogP contribution < -0.4 is 4.80 Å². The number of hydrogen-bond donors (Lipinski definition) is 0. The predicted octanol–water partition coefficient (Wildman–Crippen LogP) is 3.24. The second-order valence-electron chi connectivity index (χ2n) is 5.48. The number of aromatic nitrogens is 1. The van der Waals surface area contributed by atoms with E-state index >= 15 is 0 Å². The summed E-state index contributed by atoms with van der Waals surface area (Å²) < 4.78 is 31.9. The molecule has 0 atom stereocenters. The molecular weight excluding hydrogens is 340 g/mol. The highest BCUT2D eigenvalue weighted by Crippen LogP contribution is 2.24. The van der Waals surface area contributed by atoms with E-state index in [4.69, 9.17) is 6.42 Å². The van der Waals surface area contributed by atoms with Crippen LogP contribution in [0.2, 0.25) is 0 Å². The highest BCUT2D eigenvalue weighted by molar-refractivity contribution is 7.90. The monoisotopic (exact) mass is 356 g/mol. The van der Waals surface area contributed by atoms with E-state index in [2.05, 4.69) is 16.4 Å². The lowest BCUT2D eigenvalue weighted by molar-refractivity contribution is 0.596. The smallest absolute Gasteiger partial charge is 0.285 e. The SMILES string of the molecule is C#CCn1/c(=N/S(=O)(=O)c2ccccc2)sc2c(C)cc(C)cc21. The van der Waals surface area contributed by atoms with E-state index < -0.39 is 10.0 Å². The Morgan fingerprint density at radius 1 is 1.21 bits per heavy atom. The summed E-state index contributed by atoms with van der Waals surface area (Å²) >= 11 is 1.34. The van der Waals surface area contributed by atoms with Crippen LogP contribution in [0.1, 0.15) is 11.1 Å². The molecule has 4 nitrogen and oxygen atoms in total. The molecule has 0 amide bonds. The van der Waals surface area contributed by atoms with E-state index in [1.54, 1.807) is 22.8 Å². The van der Waals surface area contributed by atoms with E-state index in [9.17, 15) is 8.42 Å². The molecule has 0 radical (unpaired) electrons. The van der Waals surface area contributed by atoms with Gasteiger partial charge >= 0.3 is 0 Å². The zero-order chi connectivity index (χ0) is 17.3. The molecule has 1 aromatic heterocycles. The van der Waals surface area contributed by atoms with Gasteiger partial charge in [0.2, 0.25) is 4.80 Å². The van der Waals surface area contributed by atoms with E-state index in [1.807, 2.05) is 19.9 Å². The van der Waals surface area contributed by atoms with Gasteiger partial charge in [0.1, 0.15) is 0 Å². The molecule has 24 heavy (non-hydrogen) atoms. The first-order chi connectivity index (χ1) is 11.4. The standard InChI is InChI=1S/C18H16N2O2S2/c1-4-10-20-16-12-13(2)11-14(3)17(16)23-18(20)19-24(21,22)15-8-6-5-7-9-15/h1,5-9,11-12H,10H2,2-3H3/b19-18-. The molecule has 0 spiro atoms. The Morgan fingerprint density at radius 2 is 1.92 bits per heavy atom. The lowest BCUT2D eigenvalue weighted by atomic mass is 10.1. The Labute approximate surface area is 145 Å². The van der Waals surface area contributed by atoms with Crippen molar-refractivity contribution >= 4 is 31.6 Å². The first-order valence-electron chi connectivity index (χ1n) is 7.32.